The van der Waals surface area contributed by atoms with Gasteiger partial charge in [-0.1, -0.05) is 12.1 Å². The highest BCUT2D eigenvalue weighted by Crippen LogP contribution is 2.35. The number of rotatable bonds is 11. The van der Waals surface area contributed by atoms with Gasteiger partial charge in [-0.25, -0.2) is 4.21 Å². The molecule has 0 aliphatic heterocycles. The van der Waals surface area contributed by atoms with Crippen LogP contribution in [0.25, 0.3) is 22.2 Å². The summed E-state index contributed by atoms with van der Waals surface area (Å²) >= 11 is -1.76. The summed E-state index contributed by atoms with van der Waals surface area (Å²) in [6.45, 7) is 4.38. The first-order chi connectivity index (χ1) is 15.1. The Labute approximate surface area is 184 Å². The standard InChI is InChI=1S/C23H27N3O4S/c1-3-26-22-15-19(30-13-12-29-2)9-10-20(22)21(16-24)23(26)17-5-7-18(8-6-17)25-11-4-14-31(27)28/h5-10,15,25H,3-4,11-14H2,1-2H3,(H,27,28). The molecule has 0 aliphatic carbocycles. The van der Waals surface area contributed by atoms with Crippen LogP contribution in [-0.4, -0.2) is 45.9 Å². The van der Waals surface area contributed by atoms with Crippen molar-refractivity contribution in [2.75, 3.05) is 37.9 Å². The van der Waals surface area contributed by atoms with Gasteiger partial charge in [0.15, 0.2) is 11.1 Å². The number of anilines is 1. The van der Waals surface area contributed by atoms with Crippen molar-refractivity contribution in [2.24, 2.45) is 0 Å². The Bertz CT molecular complexity index is 1090. The van der Waals surface area contributed by atoms with Crippen LogP contribution in [-0.2, 0) is 22.4 Å². The smallest absolute Gasteiger partial charge is 0.152 e. The zero-order valence-electron chi connectivity index (χ0n) is 17.8. The Morgan fingerprint density at radius 3 is 2.61 bits per heavy atom. The molecule has 7 nitrogen and oxygen atoms in total. The van der Waals surface area contributed by atoms with Gasteiger partial charge in [-0.15, -0.1) is 0 Å². The Balaban J connectivity index is 1.90. The van der Waals surface area contributed by atoms with Crippen LogP contribution in [0, 0.1) is 11.3 Å². The molecule has 0 radical (unpaired) electrons. The fourth-order valence-corrected chi connectivity index (χ4v) is 3.97. The molecule has 1 atom stereocenters. The molecule has 0 bridgehead atoms. The van der Waals surface area contributed by atoms with Crippen LogP contribution < -0.4 is 10.1 Å². The minimum Gasteiger partial charge on any atom is -0.491 e. The Morgan fingerprint density at radius 1 is 1.19 bits per heavy atom. The summed E-state index contributed by atoms with van der Waals surface area (Å²) in [6.07, 6.45) is 0.613. The van der Waals surface area contributed by atoms with Gasteiger partial charge in [-0.05, 0) is 43.2 Å². The lowest BCUT2D eigenvalue weighted by atomic mass is 10.1. The summed E-state index contributed by atoms with van der Waals surface area (Å²) in [5, 5.41) is 14.1. The van der Waals surface area contributed by atoms with Gasteiger partial charge in [0.2, 0.25) is 0 Å². The highest BCUT2D eigenvalue weighted by atomic mass is 32.2. The largest absolute Gasteiger partial charge is 0.491 e. The topological polar surface area (TPSA) is 96.5 Å². The zero-order chi connectivity index (χ0) is 22.2. The van der Waals surface area contributed by atoms with E-state index in [0.29, 0.717) is 38.3 Å². The number of methoxy groups -OCH3 is 1. The number of hydrogen-bond donors (Lipinski definition) is 2. The van der Waals surface area contributed by atoms with Crippen molar-refractivity contribution in [2.45, 2.75) is 19.9 Å². The fraction of sp³-hybridized carbons (Fsp3) is 0.348. The quantitative estimate of drug-likeness (QED) is 0.341. The average Bonchev–Trinajstić information content (AvgIpc) is 3.10. The number of hydrogen-bond acceptors (Lipinski definition) is 5. The van der Waals surface area contributed by atoms with E-state index in [2.05, 4.69) is 22.9 Å². The van der Waals surface area contributed by atoms with Gasteiger partial charge in [0.1, 0.15) is 18.4 Å². The van der Waals surface area contributed by atoms with E-state index in [4.69, 9.17) is 14.0 Å². The number of aromatic nitrogens is 1. The maximum absolute atomic E-state index is 10.7. The van der Waals surface area contributed by atoms with Crippen LogP contribution >= 0.6 is 0 Å². The van der Waals surface area contributed by atoms with Crippen molar-refractivity contribution < 1.29 is 18.2 Å². The van der Waals surface area contributed by atoms with Crippen LogP contribution in [0.5, 0.6) is 5.75 Å². The third-order valence-electron chi connectivity index (χ3n) is 5.00. The van der Waals surface area contributed by atoms with Gasteiger partial charge in [0.25, 0.3) is 0 Å². The number of benzene rings is 2. The van der Waals surface area contributed by atoms with E-state index >= 15 is 0 Å². The molecule has 0 amide bonds. The van der Waals surface area contributed by atoms with Crippen molar-refractivity contribution >= 4 is 27.7 Å². The van der Waals surface area contributed by atoms with E-state index < -0.39 is 11.1 Å². The Morgan fingerprint density at radius 2 is 1.97 bits per heavy atom. The third kappa shape index (κ3) is 5.44. The monoisotopic (exact) mass is 441 g/mol. The summed E-state index contributed by atoms with van der Waals surface area (Å²) in [4.78, 5) is 0. The van der Waals surface area contributed by atoms with Crippen LogP contribution in [0.2, 0.25) is 0 Å². The normalized spacial score (nSPS) is 11.9. The first-order valence-corrected chi connectivity index (χ1v) is 11.5. The van der Waals surface area contributed by atoms with Crippen LogP contribution in [0.3, 0.4) is 0 Å². The fourth-order valence-electron chi connectivity index (χ4n) is 3.58. The molecule has 0 fully saturated rings. The molecule has 2 aromatic carbocycles. The molecule has 3 rings (SSSR count). The van der Waals surface area contributed by atoms with Gasteiger partial charge < -0.3 is 23.9 Å². The van der Waals surface area contributed by atoms with Crippen molar-refractivity contribution in [1.82, 2.24) is 4.57 Å². The first-order valence-electron chi connectivity index (χ1n) is 10.2. The van der Waals surface area contributed by atoms with Gasteiger partial charge in [0.05, 0.1) is 29.1 Å². The SMILES string of the molecule is CCn1c(-c2ccc(NCCCS(=O)O)cc2)c(C#N)c2ccc(OCCOC)cc21. The lowest BCUT2D eigenvalue weighted by Crippen LogP contribution is -2.06. The first kappa shape index (κ1) is 22.8. The van der Waals surface area contributed by atoms with Crippen molar-refractivity contribution in [3.63, 3.8) is 0 Å². The second-order valence-corrected chi connectivity index (χ2v) is 8.03. The number of nitriles is 1. The van der Waals surface area contributed by atoms with Crippen molar-refractivity contribution in [3.8, 4) is 23.1 Å². The Kier molecular flexibility index (Phi) is 8.06. The summed E-state index contributed by atoms with van der Waals surface area (Å²) in [5.41, 5.74) is 4.38. The van der Waals surface area contributed by atoms with E-state index in [9.17, 15) is 9.47 Å². The van der Waals surface area contributed by atoms with E-state index in [-0.39, 0.29) is 5.75 Å². The molecule has 31 heavy (non-hydrogen) atoms. The molecule has 1 aromatic heterocycles. The van der Waals surface area contributed by atoms with E-state index in [1.807, 2.05) is 42.5 Å². The zero-order valence-corrected chi connectivity index (χ0v) is 18.6. The maximum atomic E-state index is 10.7. The molecule has 0 spiro atoms. The molecule has 0 saturated heterocycles. The van der Waals surface area contributed by atoms with Crippen LogP contribution in [0.15, 0.2) is 42.5 Å². The molecular formula is C23H27N3O4S. The summed E-state index contributed by atoms with van der Waals surface area (Å²) in [6, 6.07) is 16.1. The molecule has 0 saturated carbocycles. The van der Waals surface area contributed by atoms with E-state index in [1.165, 1.54) is 0 Å². The van der Waals surface area contributed by atoms with Gasteiger partial charge in [-0.2, -0.15) is 5.26 Å². The minimum absolute atomic E-state index is 0.254. The average molecular weight is 442 g/mol. The predicted molar refractivity (Wildman–Crippen MR) is 124 cm³/mol. The molecular weight excluding hydrogens is 414 g/mol. The molecule has 1 heterocycles. The van der Waals surface area contributed by atoms with Crippen LogP contribution in [0.4, 0.5) is 5.69 Å². The summed E-state index contributed by atoms with van der Waals surface area (Å²) < 4.78 is 32.5. The minimum atomic E-state index is -1.76. The number of fused-ring (bicyclic) bond motifs is 1. The van der Waals surface area contributed by atoms with E-state index in [1.54, 1.807) is 7.11 Å². The highest BCUT2D eigenvalue weighted by Gasteiger charge is 2.18. The highest BCUT2D eigenvalue weighted by molar-refractivity contribution is 7.79. The van der Waals surface area contributed by atoms with Crippen molar-refractivity contribution in [1.29, 1.82) is 5.26 Å². The van der Waals surface area contributed by atoms with Gasteiger partial charge in [0, 0.05) is 37.3 Å². The van der Waals surface area contributed by atoms with Gasteiger partial charge >= 0.3 is 0 Å². The molecule has 1 unspecified atom stereocenters. The molecule has 3 aromatic rings. The Hall–Kier alpha value is -2.86. The maximum Gasteiger partial charge on any atom is 0.152 e. The molecule has 0 aliphatic rings. The molecule has 164 valence electrons. The number of nitrogens with one attached hydrogen (secondary N) is 1. The van der Waals surface area contributed by atoms with Crippen molar-refractivity contribution in [3.05, 3.63) is 48.0 Å². The number of aryl methyl sites for hydroxylation is 1. The molecule has 2 N–H and O–H groups in total. The predicted octanol–water partition coefficient (Wildman–Crippen LogP) is 4.25. The lowest BCUT2D eigenvalue weighted by molar-refractivity contribution is 0.146. The van der Waals surface area contributed by atoms with E-state index in [0.717, 1.165) is 33.6 Å². The summed E-state index contributed by atoms with van der Waals surface area (Å²) in [5.74, 6) is 1.00. The second-order valence-electron chi connectivity index (χ2n) is 6.98. The summed E-state index contributed by atoms with van der Waals surface area (Å²) in [7, 11) is 1.64. The van der Waals surface area contributed by atoms with Gasteiger partial charge in [-0.3, -0.25) is 0 Å². The number of nitrogens with zero attached hydrogens (tertiary/aromatic N) is 2. The lowest BCUT2D eigenvalue weighted by Gasteiger charge is -2.11. The third-order valence-corrected chi connectivity index (χ3v) is 5.64. The molecule has 8 heteroatoms. The number of ether oxygens (including phenoxy) is 2. The van der Waals surface area contributed by atoms with Crippen LogP contribution in [0.1, 0.15) is 18.9 Å². The second kappa shape index (κ2) is 11.0.